The lowest BCUT2D eigenvalue weighted by Crippen LogP contribution is -2.51. The van der Waals surface area contributed by atoms with E-state index in [0.717, 1.165) is 12.1 Å². The van der Waals surface area contributed by atoms with E-state index in [4.69, 9.17) is 5.73 Å². The summed E-state index contributed by atoms with van der Waals surface area (Å²) in [6.07, 6.45) is -3.06. The van der Waals surface area contributed by atoms with Gasteiger partial charge in [-0.25, -0.2) is 4.98 Å². The average Bonchev–Trinajstić information content (AvgIpc) is 3.20. The molecule has 1 saturated heterocycles. The molecule has 1 fully saturated rings. The van der Waals surface area contributed by atoms with Crippen molar-refractivity contribution in [3.05, 3.63) is 59.5 Å². The van der Waals surface area contributed by atoms with Crippen molar-refractivity contribution >= 4 is 28.5 Å². The molecule has 2 aromatic heterocycles. The number of alkyl halides is 3. The standard InChI is InChI=1S/C23H23F3N6O3/c24-23(25,26)20-3-1-2-18(28-20)19(33)11-15-4-5-17-16(10-15)12-32(29-17)14-22(35)31-8-6-30(7-9-31)13-21(27)34/h1-5,10,12H,6-9,11,13-14H2,(H2,27,34). The molecule has 0 bridgehead atoms. The van der Waals surface area contributed by atoms with Crippen molar-refractivity contribution in [2.24, 2.45) is 5.73 Å². The van der Waals surface area contributed by atoms with Gasteiger partial charge in [-0.05, 0) is 29.8 Å². The Hall–Kier alpha value is -3.80. The maximum Gasteiger partial charge on any atom is 0.433 e. The SMILES string of the molecule is NC(=O)CN1CCN(C(=O)Cn2cc3cc(CC(=O)c4cccc(C(F)(F)F)n4)ccc3n2)CC1. The second-order valence-corrected chi connectivity index (χ2v) is 8.35. The molecule has 2 amide bonds. The van der Waals surface area contributed by atoms with Crippen LogP contribution in [0.2, 0.25) is 0 Å². The van der Waals surface area contributed by atoms with E-state index in [0.29, 0.717) is 42.6 Å². The highest BCUT2D eigenvalue weighted by atomic mass is 19.4. The van der Waals surface area contributed by atoms with E-state index in [2.05, 4.69) is 10.1 Å². The molecular formula is C23H23F3N6O3. The molecule has 0 aliphatic carbocycles. The van der Waals surface area contributed by atoms with Crippen molar-refractivity contribution < 1.29 is 27.6 Å². The van der Waals surface area contributed by atoms with Gasteiger partial charge in [0.05, 0.1) is 12.1 Å². The first kappa shape index (κ1) is 24.3. The predicted molar refractivity (Wildman–Crippen MR) is 119 cm³/mol. The van der Waals surface area contributed by atoms with Crippen molar-refractivity contribution in [1.29, 1.82) is 0 Å². The fourth-order valence-corrected chi connectivity index (χ4v) is 3.96. The fraction of sp³-hybridized carbons (Fsp3) is 0.348. The monoisotopic (exact) mass is 488 g/mol. The van der Waals surface area contributed by atoms with Crippen LogP contribution in [0.25, 0.3) is 10.9 Å². The number of carbonyl (C=O) groups is 3. The van der Waals surface area contributed by atoms with Crippen LogP contribution < -0.4 is 5.73 Å². The van der Waals surface area contributed by atoms with E-state index in [1.165, 1.54) is 10.7 Å². The summed E-state index contributed by atoms with van der Waals surface area (Å²) < 4.78 is 40.1. The van der Waals surface area contributed by atoms with Gasteiger partial charge in [-0.2, -0.15) is 18.3 Å². The first-order chi connectivity index (χ1) is 16.6. The molecular weight excluding hydrogens is 465 g/mol. The van der Waals surface area contributed by atoms with Crippen LogP contribution in [-0.4, -0.2) is 74.9 Å². The number of carbonyl (C=O) groups excluding carboxylic acids is 3. The topological polar surface area (TPSA) is 114 Å². The number of nitrogens with zero attached hydrogens (tertiary/aromatic N) is 5. The van der Waals surface area contributed by atoms with Crippen molar-refractivity contribution in [3.8, 4) is 0 Å². The first-order valence-corrected chi connectivity index (χ1v) is 10.9. The Bertz CT molecular complexity index is 1260. The zero-order valence-electron chi connectivity index (χ0n) is 18.7. The van der Waals surface area contributed by atoms with Gasteiger partial charge in [0.2, 0.25) is 11.8 Å². The lowest BCUT2D eigenvalue weighted by Gasteiger charge is -2.34. The second-order valence-electron chi connectivity index (χ2n) is 8.35. The van der Waals surface area contributed by atoms with Gasteiger partial charge in [0, 0.05) is 44.2 Å². The summed E-state index contributed by atoms with van der Waals surface area (Å²) in [6, 6.07) is 8.32. The number of halogens is 3. The number of pyridine rings is 1. The number of hydrogen-bond donors (Lipinski definition) is 1. The number of rotatable bonds is 7. The van der Waals surface area contributed by atoms with E-state index >= 15 is 0 Å². The van der Waals surface area contributed by atoms with Gasteiger partial charge >= 0.3 is 6.18 Å². The maximum absolute atomic E-state index is 12.9. The molecule has 4 rings (SSSR count). The number of aromatic nitrogens is 3. The molecule has 35 heavy (non-hydrogen) atoms. The molecule has 3 heterocycles. The molecule has 184 valence electrons. The molecule has 0 radical (unpaired) electrons. The summed E-state index contributed by atoms with van der Waals surface area (Å²) >= 11 is 0. The molecule has 3 aromatic rings. The summed E-state index contributed by atoms with van der Waals surface area (Å²) in [7, 11) is 0. The Labute approximate surface area is 198 Å². The minimum atomic E-state index is -4.63. The minimum Gasteiger partial charge on any atom is -0.369 e. The van der Waals surface area contributed by atoms with E-state index in [9.17, 15) is 27.6 Å². The zero-order chi connectivity index (χ0) is 25.2. The summed E-state index contributed by atoms with van der Waals surface area (Å²) in [5, 5.41) is 5.09. The number of hydrogen-bond acceptors (Lipinski definition) is 6. The third-order valence-corrected chi connectivity index (χ3v) is 5.71. The Morgan fingerprint density at radius 3 is 2.43 bits per heavy atom. The molecule has 0 saturated carbocycles. The fourth-order valence-electron chi connectivity index (χ4n) is 3.96. The van der Waals surface area contributed by atoms with Crippen LogP contribution in [0.1, 0.15) is 21.7 Å². The van der Waals surface area contributed by atoms with Gasteiger partial charge in [0.25, 0.3) is 0 Å². The number of Topliss-reactive ketones (excluding diaryl/α,β-unsaturated/α-hetero) is 1. The lowest BCUT2D eigenvalue weighted by atomic mass is 10.0. The minimum absolute atomic E-state index is 0.0346. The van der Waals surface area contributed by atoms with Crippen molar-refractivity contribution in [1.82, 2.24) is 24.6 Å². The van der Waals surface area contributed by atoms with E-state index in [1.54, 1.807) is 29.3 Å². The average molecular weight is 488 g/mol. The third kappa shape index (κ3) is 6.01. The number of fused-ring (bicyclic) bond motifs is 1. The molecule has 0 atom stereocenters. The molecule has 9 nitrogen and oxygen atoms in total. The van der Waals surface area contributed by atoms with Crippen LogP contribution in [0.4, 0.5) is 13.2 Å². The van der Waals surface area contributed by atoms with Gasteiger partial charge < -0.3 is 10.6 Å². The van der Waals surface area contributed by atoms with Crippen LogP contribution >= 0.6 is 0 Å². The highest BCUT2D eigenvalue weighted by Gasteiger charge is 2.33. The Kier molecular flexibility index (Phi) is 6.83. The summed E-state index contributed by atoms with van der Waals surface area (Å²) in [4.78, 5) is 43.3. The molecule has 12 heteroatoms. The number of ketones is 1. The van der Waals surface area contributed by atoms with Gasteiger partial charge in [-0.3, -0.25) is 24.0 Å². The van der Waals surface area contributed by atoms with Crippen LogP contribution in [0.5, 0.6) is 0 Å². The summed E-state index contributed by atoms with van der Waals surface area (Å²) in [6.45, 7) is 2.31. The highest BCUT2D eigenvalue weighted by molar-refractivity contribution is 5.96. The summed E-state index contributed by atoms with van der Waals surface area (Å²) in [5.41, 5.74) is 5.06. The highest BCUT2D eigenvalue weighted by Crippen LogP contribution is 2.27. The molecule has 1 aliphatic rings. The molecule has 0 unspecified atom stereocenters. The number of nitrogens with two attached hydrogens (primary N) is 1. The zero-order valence-corrected chi connectivity index (χ0v) is 18.7. The largest absolute Gasteiger partial charge is 0.433 e. The number of primary amides is 1. The van der Waals surface area contributed by atoms with Gasteiger partial charge in [0.15, 0.2) is 5.78 Å². The molecule has 2 N–H and O–H groups in total. The Morgan fingerprint density at radius 2 is 1.74 bits per heavy atom. The number of benzene rings is 1. The molecule has 0 spiro atoms. The molecule has 1 aromatic carbocycles. The van der Waals surface area contributed by atoms with Gasteiger partial charge in [-0.15, -0.1) is 0 Å². The van der Waals surface area contributed by atoms with Crippen LogP contribution in [0.3, 0.4) is 0 Å². The maximum atomic E-state index is 12.9. The third-order valence-electron chi connectivity index (χ3n) is 5.71. The normalized spacial score (nSPS) is 14.9. The van der Waals surface area contributed by atoms with Gasteiger partial charge in [0.1, 0.15) is 17.9 Å². The van der Waals surface area contributed by atoms with Crippen molar-refractivity contribution in [3.63, 3.8) is 0 Å². The van der Waals surface area contributed by atoms with Crippen LogP contribution in [-0.2, 0) is 28.7 Å². The second kappa shape index (κ2) is 9.82. The van der Waals surface area contributed by atoms with Crippen LogP contribution in [0.15, 0.2) is 42.6 Å². The lowest BCUT2D eigenvalue weighted by molar-refractivity contribution is -0.141. The summed E-state index contributed by atoms with van der Waals surface area (Å²) in [5.74, 6) is -1.05. The van der Waals surface area contributed by atoms with Crippen molar-refractivity contribution in [2.75, 3.05) is 32.7 Å². The quantitative estimate of drug-likeness (QED) is 0.505. The smallest absolute Gasteiger partial charge is 0.369 e. The van der Waals surface area contributed by atoms with E-state index in [-0.39, 0.29) is 31.1 Å². The van der Waals surface area contributed by atoms with Crippen LogP contribution in [0, 0.1) is 0 Å². The predicted octanol–water partition coefficient (Wildman–Crippen LogP) is 1.51. The Balaban J connectivity index is 1.39. The van der Waals surface area contributed by atoms with Crippen molar-refractivity contribution in [2.45, 2.75) is 19.1 Å². The van der Waals surface area contributed by atoms with E-state index in [1.807, 2.05) is 4.90 Å². The van der Waals surface area contributed by atoms with Gasteiger partial charge in [-0.1, -0.05) is 12.1 Å². The first-order valence-electron chi connectivity index (χ1n) is 10.9. The van der Waals surface area contributed by atoms with E-state index < -0.39 is 23.6 Å². The number of amides is 2. The number of piperazine rings is 1. The Morgan fingerprint density at radius 1 is 1.00 bits per heavy atom. The molecule has 1 aliphatic heterocycles.